The Morgan fingerprint density at radius 1 is 1.16 bits per heavy atom. The van der Waals surface area contributed by atoms with Gasteiger partial charge in [-0.3, -0.25) is 4.79 Å². The minimum atomic E-state index is -0.0248. The summed E-state index contributed by atoms with van der Waals surface area (Å²) in [4.78, 5) is 34.4. The maximum Gasteiger partial charge on any atom is 0.319 e. The molecule has 5 heterocycles. The standard InChI is InChI=1S/C29H37N7O2/c1-4-26(37)35-13-15-36(16-14-35)28-27-25(31-29(32-28)38-19-21-8-6-11-34(21)3)17-24(30-27)22-9-5-7-20-10-12-33(2)18-23(20)22/h4-5,7,9,17,21,30H,1,6,8,10-16,18-19H2,2-3H3/t21-/m0/s1. The number of H-pyrrole nitrogens is 1. The van der Waals surface area contributed by atoms with Crippen molar-refractivity contribution >= 4 is 22.8 Å². The molecule has 0 unspecified atom stereocenters. The Bertz CT molecular complexity index is 1340. The highest BCUT2D eigenvalue weighted by molar-refractivity contribution is 5.92. The van der Waals surface area contributed by atoms with Crippen LogP contribution in [0.2, 0.25) is 0 Å². The molecule has 9 heteroatoms. The van der Waals surface area contributed by atoms with E-state index in [0.717, 1.165) is 55.0 Å². The van der Waals surface area contributed by atoms with Crippen LogP contribution in [0.1, 0.15) is 24.0 Å². The van der Waals surface area contributed by atoms with Crippen molar-refractivity contribution < 1.29 is 9.53 Å². The molecule has 0 aliphatic carbocycles. The van der Waals surface area contributed by atoms with Crippen molar-refractivity contribution in [2.75, 3.05) is 64.9 Å². The quantitative estimate of drug-likeness (QED) is 0.506. The van der Waals surface area contributed by atoms with Gasteiger partial charge < -0.3 is 29.3 Å². The molecule has 2 fully saturated rings. The summed E-state index contributed by atoms with van der Waals surface area (Å²) in [5.74, 6) is 0.812. The van der Waals surface area contributed by atoms with Crippen LogP contribution in [0.3, 0.4) is 0 Å². The molecule has 9 nitrogen and oxygen atoms in total. The topological polar surface area (TPSA) is 80.8 Å². The first-order valence-electron chi connectivity index (χ1n) is 13.7. The molecule has 0 saturated carbocycles. The molecule has 3 aromatic rings. The fourth-order valence-corrected chi connectivity index (χ4v) is 6.01. The molecule has 1 N–H and O–H groups in total. The van der Waals surface area contributed by atoms with Gasteiger partial charge in [0.1, 0.15) is 12.1 Å². The van der Waals surface area contributed by atoms with E-state index in [0.29, 0.717) is 44.8 Å². The number of nitrogens with zero attached hydrogens (tertiary/aromatic N) is 6. The molecule has 0 radical (unpaired) electrons. The Morgan fingerprint density at radius 3 is 2.76 bits per heavy atom. The summed E-state index contributed by atoms with van der Waals surface area (Å²) >= 11 is 0. The van der Waals surface area contributed by atoms with Crippen LogP contribution in [-0.2, 0) is 17.8 Å². The third-order valence-electron chi connectivity index (χ3n) is 8.33. The number of benzene rings is 1. The summed E-state index contributed by atoms with van der Waals surface area (Å²) in [5, 5.41) is 0. The number of amides is 1. The van der Waals surface area contributed by atoms with Crippen molar-refractivity contribution in [3.63, 3.8) is 0 Å². The zero-order valence-electron chi connectivity index (χ0n) is 22.4. The molecule has 2 aromatic heterocycles. The number of hydrogen-bond donors (Lipinski definition) is 1. The number of anilines is 1. The number of aromatic amines is 1. The number of hydrogen-bond acceptors (Lipinski definition) is 7. The van der Waals surface area contributed by atoms with Gasteiger partial charge in [-0.05, 0) is 63.2 Å². The second-order valence-electron chi connectivity index (χ2n) is 10.8. The summed E-state index contributed by atoms with van der Waals surface area (Å²) < 4.78 is 6.21. The minimum absolute atomic E-state index is 0.0248. The number of fused-ring (bicyclic) bond motifs is 2. The summed E-state index contributed by atoms with van der Waals surface area (Å²) in [6, 6.07) is 9.54. The largest absolute Gasteiger partial charge is 0.462 e. The van der Waals surface area contributed by atoms with Gasteiger partial charge in [0, 0.05) is 56.6 Å². The predicted octanol–water partition coefficient (Wildman–Crippen LogP) is 2.92. The lowest BCUT2D eigenvalue weighted by Crippen LogP contribution is -2.48. The van der Waals surface area contributed by atoms with Crippen LogP contribution < -0.4 is 9.64 Å². The van der Waals surface area contributed by atoms with Crippen molar-refractivity contribution in [3.05, 3.63) is 48.0 Å². The Kier molecular flexibility index (Phi) is 6.80. The van der Waals surface area contributed by atoms with E-state index in [1.165, 1.54) is 29.2 Å². The van der Waals surface area contributed by atoms with Crippen LogP contribution in [-0.4, -0.2) is 102 Å². The third kappa shape index (κ3) is 4.76. The van der Waals surface area contributed by atoms with Crippen molar-refractivity contribution in [1.29, 1.82) is 0 Å². The van der Waals surface area contributed by atoms with Crippen LogP contribution in [0.5, 0.6) is 6.01 Å². The molecule has 0 spiro atoms. The molecule has 0 bridgehead atoms. The third-order valence-corrected chi connectivity index (χ3v) is 8.33. The van der Waals surface area contributed by atoms with Crippen molar-refractivity contribution in [2.45, 2.75) is 31.8 Å². The van der Waals surface area contributed by atoms with Gasteiger partial charge in [0.05, 0.1) is 5.52 Å². The van der Waals surface area contributed by atoms with E-state index >= 15 is 0 Å². The number of nitrogens with one attached hydrogen (secondary N) is 1. The van der Waals surface area contributed by atoms with Gasteiger partial charge in [-0.15, -0.1) is 0 Å². The number of likely N-dealkylation sites (tertiary alicyclic amines) is 1. The number of ether oxygens (including phenoxy) is 1. The van der Waals surface area contributed by atoms with Gasteiger partial charge in [0.25, 0.3) is 0 Å². The van der Waals surface area contributed by atoms with Gasteiger partial charge in [-0.25, -0.2) is 0 Å². The van der Waals surface area contributed by atoms with Crippen LogP contribution in [0.25, 0.3) is 22.3 Å². The highest BCUT2D eigenvalue weighted by atomic mass is 16.5. The lowest BCUT2D eigenvalue weighted by molar-refractivity contribution is -0.126. The number of aromatic nitrogens is 3. The van der Waals surface area contributed by atoms with Gasteiger partial charge in [0.2, 0.25) is 5.91 Å². The number of rotatable bonds is 6. The summed E-state index contributed by atoms with van der Waals surface area (Å²) in [7, 11) is 4.33. The molecule has 200 valence electrons. The molecule has 1 atom stereocenters. The van der Waals surface area contributed by atoms with Crippen LogP contribution in [0.15, 0.2) is 36.9 Å². The predicted molar refractivity (Wildman–Crippen MR) is 149 cm³/mol. The van der Waals surface area contributed by atoms with E-state index in [1.807, 2.05) is 4.90 Å². The molecule has 3 aliphatic rings. The van der Waals surface area contributed by atoms with Gasteiger partial charge >= 0.3 is 6.01 Å². The number of carbonyl (C=O) groups excluding carboxylic acids is 1. The Balaban J connectivity index is 1.36. The molecule has 6 rings (SSSR count). The lowest BCUT2D eigenvalue weighted by Gasteiger charge is -2.35. The molecule has 3 aliphatic heterocycles. The lowest BCUT2D eigenvalue weighted by atomic mass is 9.94. The van der Waals surface area contributed by atoms with Crippen molar-refractivity contribution in [3.8, 4) is 17.3 Å². The van der Waals surface area contributed by atoms with Gasteiger partial charge in [-0.2, -0.15) is 9.97 Å². The van der Waals surface area contributed by atoms with Crippen LogP contribution in [0.4, 0.5) is 5.82 Å². The monoisotopic (exact) mass is 515 g/mol. The first-order valence-corrected chi connectivity index (χ1v) is 13.7. The van der Waals surface area contributed by atoms with E-state index in [2.05, 4.69) is 64.6 Å². The van der Waals surface area contributed by atoms with Crippen LogP contribution >= 0.6 is 0 Å². The molecule has 1 aromatic carbocycles. The van der Waals surface area contributed by atoms with E-state index in [-0.39, 0.29) is 5.91 Å². The minimum Gasteiger partial charge on any atom is -0.462 e. The van der Waals surface area contributed by atoms with E-state index < -0.39 is 0 Å². The first-order chi connectivity index (χ1) is 18.5. The average Bonchev–Trinajstić information content (AvgIpc) is 3.56. The normalized spacial score (nSPS) is 20.6. The summed E-state index contributed by atoms with van der Waals surface area (Å²) in [5.41, 5.74) is 6.82. The number of carbonyl (C=O) groups is 1. The summed E-state index contributed by atoms with van der Waals surface area (Å²) in [6.45, 7) is 9.98. The van der Waals surface area contributed by atoms with Crippen molar-refractivity contribution in [2.24, 2.45) is 0 Å². The van der Waals surface area contributed by atoms with E-state index in [4.69, 9.17) is 14.7 Å². The Morgan fingerprint density at radius 2 is 2.00 bits per heavy atom. The SMILES string of the molecule is C=CC(=O)N1CCN(c2nc(OC[C@@H]3CCCN3C)nc3cc(-c4cccc5c4CN(C)CC5)[nH]c23)CC1. The van der Waals surface area contributed by atoms with Gasteiger partial charge in [0.15, 0.2) is 5.82 Å². The Labute approximate surface area is 224 Å². The molecule has 38 heavy (non-hydrogen) atoms. The van der Waals surface area contributed by atoms with E-state index in [1.54, 1.807) is 0 Å². The Hall–Kier alpha value is -3.43. The second kappa shape index (κ2) is 10.4. The van der Waals surface area contributed by atoms with Crippen LogP contribution in [0, 0.1) is 0 Å². The number of likely N-dealkylation sites (N-methyl/N-ethyl adjacent to an activating group) is 2. The maximum absolute atomic E-state index is 12.1. The average molecular weight is 516 g/mol. The second-order valence-corrected chi connectivity index (χ2v) is 10.8. The van der Waals surface area contributed by atoms with E-state index in [9.17, 15) is 4.79 Å². The fourth-order valence-electron chi connectivity index (χ4n) is 6.01. The molecular formula is C29H37N7O2. The highest BCUT2D eigenvalue weighted by Gasteiger charge is 2.26. The fraction of sp³-hybridized carbons (Fsp3) is 0.483. The molecule has 1 amide bonds. The smallest absolute Gasteiger partial charge is 0.319 e. The highest BCUT2D eigenvalue weighted by Crippen LogP contribution is 2.34. The number of piperazine rings is 1. The summed E-state index contributed by atoms with van der Waals surface area (Å²) in [6.07, 6.45) is 4.78. The zero-order chi connectivity index (χ0) is 26.2. The molecule has 2 saturated heterocycles. The van der Waals surface area contributed by atoms with Gasteiger partial charge in [-0.1, -0.05) is 24.8 Å². The van der Waals surface area contributed by atoms with Crippen molar-refractivity contribution in [1.82, 2.24) is 29.7 Å². The zero-order valence-corrected chi connectivity index (χ0v) is 22.4. The first kappa shape index (κ1) is 24.9. The molecular weight excluding hydrogens is 478 g/mol. The maximum atomic E-state index is 12.1.